The van der Waals surface area contributed by atoms with Gasteiger partial charge in [-0.2, -0.15) is 0 Å². The maximum absolute atomic E-state index is 11.6. The minimum absolute atomic E-state index is 0.128. The van der Waals surface area contributed by atoms with Gasteiger partial charge in [0.2, 0.25) is 0 Å². The third-order valence-electron chi connectivity index (χ3n) is 6.95. The number of carbonyl (C=O) groups excluding carboxylic acids is 1. The van der Waals surface area contributed by atoms with Crippen LogP contribution in [-0.4, -0.2) is 35.9 Å². The Morgan fingerprint density at radius 1 is 1.23 bits per heavy atom. The number of esters is 1. The first-order chi connectivity index (χ1) is 16.6. The Bertz CT molecular complexity index is 1170. The minimum Gasteiger partial charge on any atom is -0.465 e. The molecule has 0 bridgehead atoms. The number of hydrogen-bond acceptors (Lipinski definition) is 4. The van der Waals surface area contributed by atoms with Crippen LogP contribution < -0.4 is 5.46 Å². The van der Waals surface area contributed by atoms with E-state index >= 15 is 0 Å². The van der Waals surface area contributed by atoms with Gasteiger partial charge in [0.15, 0.2) is 6.71 Å². The summed E-state index contributed by atoms with van der Waals surface area (Å²) in [5, 5.41) is 1.28. The van der Waals surface area contributed by atoms with Gasteiger partial charge in [-0.25, -0.2) is 0 Å². The van der Waals surface area contributed by atoms with E-state index in [1.807, 2.05) is 19.2 Å². The van der Waals surface area contributed by atoms with Gasteiger partial charge in [0, 0.05) is 48.7 Å². The van der Waals surface area contributed by atoms with Crippen LogP contribution in [-0.2, 0) is 27.2 Å². The maximum atomic E-state index is 11.6. The van der Waals surface area contributed by atoms with Crippen LogP contribution in [0.3, 0.4) is 0 Å². The van der Waals surface area contributed by atoms with Crippen molar-refractivity contribution in [2.75, 3.05) is 13.7 Å². The molecule has 0 spiro atoms. The van der Waals surface area contributed by atoms with Crippen LogP contribution in [0.1, 0.15) is 65.3 Å². The Hall–Kier alpha value is -2.60. The van der Waals surface area contributed by atoms with Crippen LogP contribution in [0.2, 0.25) is 13.1 Å². The lowest BCUT2D eigenvalue weighted by Crippen LogP contribution is -2.26. The molecule has 0 aliphatic heterocycles. The van der Waals surface area contributed by atoms with Gasteiger partial charge in [0.25, 0.3) is 0 Å². The molecule has 0 saturated carbocycles. The fourth-order valence-corrected chi connectivity index (χ4v) is 5.04. The average Bonchev–Trinajstić information content (AvgIpc) is 3.14. The van der Waals surface area contributed by atoms with E-state index in [4.69, 9.17) is 14.5 Å². The Balaban J connectivity index is 2.31. The molecule has 0 aliphatic carbocycles. The Morgan fingerprint density at radius 3 is 2.60 bits per heavy atom. The zero-order valence-electron chi connectivity index (χ0n) is 22.8. The van der Waals surface area contributed by atoms with Crippen molar-refractivity contribution in [2.45, 2.75) is 80.2 Å². The zero-order chi connectivity index (χ0) is 25.8. The predicted molar refractivity (Wildman–Crippen MR) is 147 cm³/mol. The van der Waals surface area contributed by atoms with Gasteiger partial charge in [-0.05, 0) is 44.0 Å². The van der Waals surface area contributed by atoms with Gasteiger partial charge >= 0.3 is 5.97 Å². The van der Waals surface area contributed by atoms with Crippen molar-refractivity contribution in [3.63, 3.8) is 0 Å². The molecule has 2 aromatic heterocycles. The number of carbonyl (C=O) groups is 1. The average molecular weight is 476 g/mol. The largest absolute Gasteiger partial charge is 0.465 e. The molecule has 0 aliphatic rings. The van der Waals surface area contributed by atoms with E-state index in [2.05, 4.69) is 63.4 Å². The fraction of sp³-hybridized carbons (Fsp3) is 0.517. The summed E-state index contributed by atoms with van der Waals surface area (Å²) < 4.78 is 13.6. The number of methoxy groups -OCH3 is 1. The third kappa shape index (κ3) is 5.98. The summed E-state index contributed by atoms with van der Waals surface area (Å²) in [5.41, 5.74) is 6.87. The normalized spacial score (nSPS) is 12.7. The molecular formula is C29H41BN2O3. The highest BCUT2D eigenvalue weighted by molar-refractivity contribution is 6.72. The van der Waals surface area contributed by atoms with Crippen molar-refractivity contribution in [1.82, 2.24) is 9.55 Å². The molecule has 0 radical (unpaired) electrons. The van der Waals surface area contributed by atoms with E-state index in [0.717, 1.165) is 37.0 Å². The topological polar surface area (TPSA) is 53.4 Å². The summed E-state index contributed by atoms with van der Waals surface area (Å²) in [6.07, 6.45) is 4.81. The SMILES string of the molecule is CCCB(C)c1ccc2c(c1)c(CC(C)(C)COC(C)=O)c(-c1cccnc1C(C)OC)n2CC. The number of fused-ring (bicyclic) bond motifs is 1. The molecule has 0 fully saturated rings. The number of rotatable bonds is 11. The summed E-state index contributed by atoms with van der Waals surface area (Å²) in [7, 11) is 1.73. The summed E-state index contributed by atoms with van der Waals surface area (Å²) in [6, 6.07) is 11.1. The first-order valence-electron chi connectivity index (χ1n) is 12.9. The van der Waals surface area contributed by atoms with Crippen LogP contribution in [0, 0.1) is 5.41 Å². The van der Waals surface area contributed by atoms with E-state index in [1.165, 1.54) is 34.5 Å². The Kier molecular flexibility index (Phi) is 8.82. The molecule has 3 rings (SSSR count). The highest BCUT2D eigenvalue weighted by atomic mass is 16.5. The summed E-state index contributed by atoms with van der Waals surface area (Å²) in [5.74, 6) is -0.242. The molecule has 0 saturated heterocycles. The number of aromatic nitrogens is 2. The molecule has 1 unspecified atom stereocenters. The van der Waals surface area contributed by atoms with Crippen molar-refractivity contribution in [1.29, 1.82) is 0 Å². The van der Waals surface area contributed by atoms with E-state index in [1.54, 1.807) is 7.11 Å². The van der Waals surface area contributed by atoms with Crippen LogP contribution >= 0.6 is 0 Å². The van der Waals surface area contributed by atoms with E-state index in [0.29, 0.717) is 13.3 Å². The molecule has 188 valence electrons. The molecule has 35 heavy (non-hydrogen) atoms. The van der Waals surface area contributed by atoms with E-state index in [-0.39, 0.29) is 17.5 Å². The lowest BCUT2D eigenvalue weighted by Gasteiger charge is -2.25. The number of nitrogens with zero attached hydrogens (tertiary/aromatic N) is 2. The number of aryl methyl sites for hydroxylation is 1. The second-order valence-electron chi connectivity index (χ2n) is 10.5. The summed E-state index contributed by atoms with van der Waals surface area (Å²) in [6.45, 7) is 16.3. The number of hydrogen-bond donors (Lipinski definition) is 0. The van der Waals surface area contributed by atoms with Gasteiger partial charge in [-0.15, -0.1) is 0 Å². The monoisotopic (exact) mass is 476 g/mol. The number of ether oxygens (including phenoxy) is 2. The van der Waals surface area contributed by atoms with Gasteiger partial charge in [0.05, 0.1) is 24.1 Å². The van der Waals surface area contributed by atoms with Crippen LogP contribution in [0.15, 0.2) is 36.5 Å². The first-order valence-corrected chi connectivity index (χ1v) is 12.9. The Labute approximate surface area is 211 Å². The van der Waals surface area contributed by atoms with Crippen molar-refractivity contribution >= 4 is 29.0 Å². The molecule has 2 heterocycles. The molecule has 1 aromatic carbocycles. The van der Waals surface area contributed by atoms with Crippen LogP contribution in [0.25, 0.3) is 22.2 Å². The minimum atomic E-state index is -0.242. The second-order valence-corrected chi connectivity index (χ2v) is 10.5. The van der Waals surface area contributed by atoms with Crippen molar-refractivity contribution < 1.29 is 14.3 Å². The third-order valence-corrected chi connectivity index (χ3v) is 6.95. The molecule has 5 nitrogen and oxygen atoms in total. The van der Waals surface area contributed by atoms with Crippen molar-refractivity contribution in [3.8, 4) is 11.3 Å². The lowest BCUT2D eigenvalue weighted by atomic mass is 9.44. The van der Waals surface area contributed by atoms with Crippen LogP contribution in [0.5, 0.6) is 0 Å². The van der Waals surface area contributed by atoms with Gasteiger partial charge < -0.3 is 14.0 Å². The van der Waals surface area contributed by atoms with Crippen molar-refractivity contribution in [2.24, 2.45) is 5.41 Å². The zero-order valence-corrected chi connectivity index (χ0v) is 22.8. The van der Waals surface area contributed by atoms with Gasteiger partial charge in [-0.1, -0.05) is 57.9 Å². The number of pyridine rings is 1. The lowest BCUT2D eigenvalue weighted by molar-refractivity contribution is -0.143. The molecule has 1 atom stereocenters. The molecule has 3 aromatic rings. The van der Waals surface area contributed by atoms with E-state index < -0.39 is 0 Å². The van der Waals surface area contributed by atoms with E-state index in [9.17, 15) is 4.79 Å². The predicted octanol–water partition coefficient (Wildman–Crippen LogP) is 6.30. The fourth-order valence-electron chi connectivity index (χ4n) is 5.04. The molecule has 6 heteroatoms. The second kappa shape index (κ2) is 11.4. The molecule has 0 N–H and O–H groups in total. The van der Waals surface area contributed by atoms with Gasteiger partial charge in [0.1, 0.15) is 0 Å². The quantitative estimate of drug-likeness (QED) is 0.241. The standard InChI is InChI=1S/C29H41BN2O3/c1-9-15-30(7)22-13-14-26-24(17-22)25(18-29(5,6)19-35-21(4)33)28(32(26)10-2)23-12-11-16-31-27(23)20(3)34-8/h11-14,16-17,20H,9-10,15,18-19H2,1-8H3. The molecular weight excluding hydrogens is 435 g/mol. The van der Waals surface area contributed by atoms with Crippen LogP contribution in [0.4, 0.5) is 0 Å². The van der Waals surface area contributed by atoms with Gasteiger partial charge in [-0.3, -0.25) is 9.78 Å². The van der Waals surface area contributed by atoms with Crippen molar-refractivity contribution in [3.05, 3.63) is 47.8 Å². The number of benzene rings is 1. The smallest absolute Gasteiger partial charge is 0.302 e. The summed E-state index contributed by atoms with van der Waals surface area (Å²) >= 11 is 0. The highest BCUT2D eigenvalue weighted by Gasteiger charge is 2.29. The highest BCUT2D eigenvalue weighted by Crippen LogP contribution is 2.40. The molecule has 0 amide bonds. The maximum Gasteiger partial charge on any atom is 0.302 e. The summed E-state index contributed by atoms with van der Waals surface area (Å²) in [4.78, 5) is 16.3. The Morgan fingerprint density at radius 2 is 1.97 bits per heavy atom. The first kappa shape index (κ1) is 27.0.